The van der Waals surface area contributed by atoms with Crippen molar-refractivity contribution in [1.29, 1.82) is 0 Å². The molecule has 5 nitrogen and oxygen atoms in total. The van der Waals surface area contributed by atoms with E-state index >= 15 is 0 Å². The largest absolute Gasteiger partial charge is 0.342 e. The highest BCUT2D eigenvalue weighted by Crippen LogP contribution is 2.16. The van der Waals surface area contributed by atoms with Crippen molar-refractivity contribution in [3.05, 3.63) is 22.5 Å². The van der Waals surface area contributed by atoms with Gasteiger partial charge in [-0.1, -0.05) is 16.6 Å². The Hall–Kier alpha value is -0.970. The van der Waals surface area contributed by atoms with Gasteiger partial charge in [0.05, 0.1) is 6.20 Å². The molecule has 0 bridgehead atoms. The first kappa shape index (κ1) is 7.14. The Morgan fingerprint density at radius 2 is 2.30 bits per heavy atom. The van der Waals surface area contributed by atoms with Gasteiger partial charge in [0.2, 0.25) is 5.62 Å². The summed E-state index contributed by atoms with van der Waals surface area (Å²) in [7, 11) is 1.66. The summed E-state index contributed by atoms with van der Waals surface area (Å²) in [6.45, 7) is 0. The molecule has 0 amide bonds. The van der Waals surface area contributed by atoms with Crippen LogP contribution in [0.25, 0.3) is 0 Å². The number of hydrogen-bond acceptors (Lipinski definition) is 3. The van der Waals surface area contributed by atoms with Gasteiger partial charge >= 0.3 is 0 Å². The van der Waals surface area contributed by atoms with Crippen molar-refractivity contribution in [1.82, 2.24) is 9.91 Å². The molecule has 1 aliphatic rings. The van der Waals surface area contributed by atoms with Gasteiger partial charge in [0.15, 0.2) is 5.03 Å². The van der Waals surface area contributed by atoms with E-state index in [1.54, 1.807) is 13.2 Å². The first-order valence-electron chi connectivity index (χ1n) is 2.60. The van der Waals surface area contributed by atoms with Crippen LogP contribution in [-0.2, 0) is 0 Å². The minimum absolute atomic E-state index is 0.558. The lowest BCUT2D eigenvalue weighted by atomic mass is 10.9. The van der Waals surface area contributed by atoms with Gasteiger partial charge in [-0.25, -0.2) is 10.1 Å². The molecule has 1 atom stereocenters. The average Bonchev–Trinajstić information content (AvgIpc) is 2.14. The predicted molar refractivity (Wildman–Crippen MR) is 35.4 cm³/mol. The van der Waals surface area contributed by atoms with Gasteiger partial charge in [-0.3, -0.25) is 0 Å². The molecule has 0 radical (unpaired) electrons. The van der Waals surface area contributed by atoms with Crippen molar-refractivity contribution < 1.29 is 5.03 Å². The van der Waals surface area contributed by atoms with Crippen molar-refractivity contribution >= 4 is 11.6 Å². The summed E-state index contributed by atoms with van der Waals surface area (Å²) in [5.74, 6) is 0. The van der Waals surface area contributed by atoms with Crippen LogP contribution in [0.15, 0.2) is 12.4 Å². The van der Waals surface area contributed by atoms with Crippen LogP contribution in [0.1, 0.15) is 0 Å². The van der Waals surface area contributed by atoms with E-state index < -0.39 is 10.7 Å². The summed E-state index contributed by atoms with van der Waals surface area (Å²) in [5.41, 5.74) is -0.699. The van der Waals surface area contributed by atoms with Crippen LogP contribution in [0, 0.1) is 10.1 Å². The van der Waals surface area contributed by atoms with E-state index in [2.05, 4.69) is 0 Å². The molecule has 1 rings (SSSR count). The van der Waals surface area contributed by atoms with Crippen LogP contribution in [0.2, 0.25) is 0 Å². The summed E-state index contributed by atoms with van der Waals surface area (Å²) in [6.07, 6.45) is 2.86. The lowest BCUT2D eigenvalue weighted by molar-refractivity contribution is -0.644. The Labute approximate surface area is 62.6 Å². The third-order valence-corrected chi connectivity index (χ3v) is 1.71. The molecule has 1 aliphatic heterocycles. The monoisotopic (exact) mass is 163 g/mol. The SMILES string of the molecule is CN1C=CN([N+](=O)[O-])C1Cl. The van der Waals surface area contributed by atoms with E-state index in [1.165, 1.54) is 11.1 Å². The Morgan fingerprint density at radius 1 is 1.70 bits per heavy atom. The number of halogens is 1. The van der Waals surface area contributed by atoms with Gasteiger partial charge in [0.25, 0.3) is 0 Å². The lowest BCUT2D eigenvalue weighted by Gasteiger charge is -2.15. The summed E-state index contributed by atoms with van der Waals surface area (Å²) in [4.78, 5) is 11.7. The molecule has 0 aromatic heterocycles. The van der Waals surface area contributed by atoms with Gasteiger partial charge in [-0.2, -0.15) is 0 Å². The zero-order valence-electron chi connectivity index (χ0n) is 5.27. The molecule has 10 heavy (non-hydrogen) atoms. The van der Waals surface area contributed by atoms with Crippen molar-refractivity contribution in [3.63, 3.8) is 0 Å². The molecular formula is C4H6ClN3O2. The van der Waals surface area contributed by atoms with Crippen LogP contribution in [-0.4, -0.2) is 27.6 Å². The number of nitrogens with zero attached hydrogens (tertiary/aromatic N) is 3. The van der Waals surface area contributed by atoms with E-state index in [1.807, 2.05) is 0 Å². The summed E-state index contributed by atoms with van der Waals surface area (Å²) >= 11 is 5.57. The fourth-order valence-electron chi connectivity index (χ4n) is 0.634. The second kappa shape index (κ2) is 2.34. The van der Waals surface area contributed by atoms with E-state index in [9.17, 15) is 10.1 Å². The highest BCUT2D eigenvalue weighted by molar-refractivity contribution is 6.20. The Morgan fingerprint density at radius 3 is 2.50 bits per heavy atom. The van der Waals surface area contributed by atoms with Gasteiger partial charge in [0, 0.05) is 13.2 Å². The molecule has 0 aliphatic carbocycles. The molecule has 0 saturated heterocycles. The second-order valence-electron chi connectivity index (χ2n) is 1.89. The third kappa shape index (κ3) is 0.995. The average molecular weight is 164 g/mol. The number of rotatable bonds is 1. The number of nitro groups is 1. The van der Waals surface area contributed by atoms with Crippen molar-refractivity contribution in [3.8, 4) is 0 Å². The second-order valence-corrected chi connectivity index (χ2v) is 2.28. The Bertz CT molecular complexity index is 183. The summed E-state index contributed by atoms with van der Waals surface area (Å²) in [5, 5.41) is 10.4. The maximum Gasteiger partial charge on any atom is 0.240 e. The lowest BCUT2D eigenvalue weighted by Crippen LogP contribution is -2.35. The summed E-state index contributed by atoms with van der Waals surface area (Å²) in [6, 6.07) is 0. The highest BCUT2D eigenvalue weighted by atomic mass is 35.5. The molecule has 0 saturated carbocycles. The molecule has 0 fully saturated rings. The minimum atomic E-state index is -0.699. The molecule has 1 unspecified atom stereocenters. The first-order valence-corrected chi connectivity index (χ1v) is 3.03. The van der Waals surface area contributed by atoms with Crippen LogP contribution in [0.3, 0.4) is 0 Å². The van der Waals surface area contributed by atoms with Gasteiger partial charge in [0.1, 0.15) is 0 Å². The standard InChI is InChI=1S/C4H6ClN3O2/c1-6-2-3-7(4(6)5)8(9)10/h2-4H,1H3. The van der Waals surface area contributed by atoms with Crippen LogP contribution >= 0.6 is 11.6 Å². The van der Waals surface area contributed by atoms with Crippen LogP contribution in [0.5, 0.6) is 0 Å². The Balaban J connectivity index is 2.66. The quantitative estimate of drug-likeness (QED) is 0.243. The van der Waals surface area contributed by atoms with E-state index in [0.29, 0.717) is 0 Å². The number of hydrogen-bond donors (Lipinski definition) is 0. The maximum atomic E-state index is 10.1. The number of alkyl halides is 1. The molecule has 0 spiro atoms. The fraction of sp³-hybridized carbons (Fsp3) is 0.500. The van der Waals surface area contributed by atoms with Crippen LogP contribution < -0.4 is 0 Å². The first-order chi connectivity index (χ1) is 4.63. The normalized spacial score (nSPS) is 24.0. The van der Waals surface area contributed by atoms with E-state index in [-0.39, 0.29) is 0 Å². The maximum absolute atomic E-state index is 10.1. The minimum Gasteiger partial charge on any atom is -0.342 e. The number of hydrazine groups is 1. The zero-order chi connectivity index (χ0) is 7.72. The molecule has 0 aromatic rings. The van der Waals surface area contributed by atoms with Gasteiger partial charge in [-0.05, 0) is 0 Å². The molecule has 6 heteroatoms. The van der Waals surface area contributed by atoms with Crippen molar-refractivity contribution in [2.45, 2.75) is 5.62 Å². The van der Waals surface area contributed by atoms with Crippen molar-refractivity contribution in [2.24, 2.45) is 0 Å². The fourth-order valence-corrected chi connectivity index (χ4v) is 0.836. The smallest absolute Gasteiger partial charge is 0.240 e. The molecular weight excluding hydrogens is 158 g/mol. The molecule has 0 N–H and O–H groups in total. The predicted octanol–water partition coefficient (Wildman–Crippen LogP) is 0.419. The summed E-state index contributed by atoms with van der Waals surface area (Å²) < 4.78 is 0. The topological polar surface area (TPSA) is 49.6 Å². The third-order valence-electron chi connectivity index (χ3n) is 1.20. The van der Waals surface area contributed by atoms with E-state index in [4.69, 9.17) is 11.6 Å². The Kier molecular flexibility index (Phi) is 1.67. The van der Waals surface area contributed by atoms with Gasteiger partial charge in [-0.15, -0.1) is 0 Å². The van der Waals surface area contributed by atoms with E-state index in [0.717, 1.165) is 5.01 Å². The molecule has 1 heterocycles. The molecule has 0 aromatic carbocycles. The highest BCUT2D eigenvalue weighted by Gasteiger charge is 2.29. The van der Waals surface area contributed by atoms with Gasteiger partial charge < -0.3 is 4.90 Å². The van der Waals surface area contributed by atoms with Crippen molar-refractivity contribution in [2.75, 3.05) is 7.05 Å². The van der Waals surface area contributed by atoms with Crippen LogP contribution in [0.4, 0.5) is 0 Å². The molecule has 56 valence electrons. The zero-order valence-corrected chi connectivity index (χ0v) is 6.02.